The van der Waals surface area contributed by atoms with Gasteiger partial charge in [-0.1, -0.05) is 6.08 Å². The van der Waals surface area contributed by atoms with Gasteiger partial charge in [-0.25, -0.2) is 12.4 Å². The summed E-state index contributed by atoms with van der Waals surface area (Å²) in [6, 6.07) is 4.96. The lowest BCUT2D eigenvalue weighted by Crippen LogP contribution is -2.20. The summed E-state index contributed by atoms with van der Waals surface area (Å²) in [6.07, 6.45) is 9.04. The lowest BCUT2D eigenvalue weighted by atomic mass is 10.0. The van der Waals surface area contributed by atoms with Crippen molar-refractivity contribution in [2.75, 3.05) is 20.2 Å². The number of carbonyl (C=O) groups is 1. The fraction of sp³-hybridized carbons (Fsp3) is 0.211. The van der Waals surface area contributed by atoms with E-state index in [9.17, 15) is 8.42 Å². The van der Waals surface area contributed by atoms with Gasteiger partial charge in [0.25, 0.3) is 16.5 Å². The molecule has 0 saturated carbocycles. The zero-order chi connectivity index (χ0) is 20.9. The summed E-state index contributed by atoms with van der Waals surface area (Å²) in [6.45, 7) is 1.37. The topological polar surface area (TPSA) is 123 Å². The maximum atomic E-state index is 13.2. The Balaban J connectivity index is 0.000000755. The summed E-state index contributed by atoms with van der Waals surface area (Å²) >= 11 is 0. The van der Waals surface area contributed by atoms with Crippen LogP contribution < -0.4 is 10.1 Å². The molecule has 4 heterocycles. The third kappa shape index (κ3) is 4.13. The van der Waals surface area contributed by atoms with Crippen molar-refractivity contribution < 1.29 is 23.1 Å². The molecule has 0 radical (unpaired) electrons. The highest BCUT2D eigenvalue weighted by Gasteiger charge is 2.24. The van der Waals surface area contributed by atoms with Crippen molar-refractivity contribution >= 4 is 33.1 Å². The Kier molecular flexibility index (Phi) is 6.25. The Morgan fingerprint density at radius 1 is 1.34 bits per heavy atom. The molecule has 10 heteroatoms. The number of hydrogen-bond acceptors (Lipinski definition) is 7. The molecule has 29 heavy (non-hydrogen) atoms. The first-order chi connectivity index (χ1) is 14.0. The highest BCUT2D eigenvalue weighted by atomic mass is 32.2. The molecule has 1 aliphatic heterocycles. The highest BCUT2D eigenvalue weighted by molar-refractivity contribution is 7.90. The molecule has 152 valence electrons. The average molecular weight is 416 g/mol. The molecule has 2 N–H and O–H groups in total. The van der Waals surface area contributed by atoms with Crippen molar-refractivity contribution in [3.63, 3.8) is 0 Å². The summed E-state index contributed by atoms with van der Waals surface area (Å²) < 4.78 is 32.8. The molecule has 0 bridgehead atoms. The van der Waals surface area contributed by atoms with Crippen LogP contribution in [-0.2, 0) is 14.8 Å². The van der Waals surface area contributed by atoms with Crippen molar-refractivity contribution in [3.8, 4) is 5.75 Å². The largest absolute Gasteiger partial charge is 0.495 e. The van der Waals surface area contributed by atoms with Gasteiger partial charge in [-0.2, -0.15) is 0 Å². The second-order valence-electron chi connectivity index (χ2n) is 6.06. The minimum absolute atomic E-state index is 0.0726. The van der Waals surface area contributed by atoms with Crippen LogP contribution in [-0.4, -0.2) is 54.1 Å². The summed E-state index contributed by atoms with van der Waals surface area (Å²) in [4.78, 5) is 16.8. The first-order valence-corrected chi connectivity index (χ1v) is 10.2. The van der Waals surface area contributed by atoms with E-state index >= 15 is 0 Å². The zero-order valence-corrected chi connectivity index (χ0v) is 16.5. The lowest BCUT2D eigenvalue weighted by molar-refractivity contribution is -0.122. The third-order valence-corrected chi connectivity index (χ3v) is 6.05. The predicted octanol–water partition coefficient (Wildman–Crippen LogP) is 1.75. The standard InChI is InChI=1S/C18H18N4O3S.CH2O2/c1-25-14-9-15(11-20-10-14)26(23,24)22-12-16(13-4-7-19-8-5-13)18-17(22)3-2-6-21-18;2-1-3/h2-4,6,9-12,19H,5,7-8H2,1H3;1H,(H,2,3). The zero-order valence-electron chi connectivity index (χ0n) is 15.6. The number of nitrogens with one attached hydrogen (secondary N) is 1. The van der Waals surface area contributed by atoms with Crippen LogP contribution in [0.1, 0.15) is 12.0 Å². The number of carboxylic acid groups (broad SMARTS) is 1. The minimum atomic E-state index is -3.82. The lowest BCUT2D eigenvalue weighted by Gasteiger charge is -2.12. The Morgan fingerprint density at radius 3 is 2.83 bits per heavy atom. The van der Waals surface area contributed by atoms with Gasteiger partial charge in [-0.3, -0.25) is 14.8 Å². The van der Waals surface area contributed by atoms with Crippen LogP contribution in [0.25, 0.3) is 16.6 Å². The number of hydrogen-bond donors (Lipinski definition) is 2. The van der Waals surface area contributed by atoms with Gasteiger partial charge in [0.15, 0.2) is 0 Å². The van der Waals surface area contributed by atoms with E-state index in [4.69, 9.17) is 14.6 Å². The molecule has 0 atom stereocenters. The minimum Gasteiger partial charge on any atom is -0.495 e. The summed E-state index contributed by atoms with van der Waals surface area (Å²) in [5.74, 6) is 0.391. The molecule has 0 fully saturated rings. The van der Waals surface area contributed by atoms with Crippen molar-refractivity contribution in [2.45, 2.75) is 11.3 Å². The predicted molar refractivity (Wildman–Crippen MR) is 107 cm³/mol. The van der Waals surface area contributed by atoms with Crippen LogP contribution >= 0.6 is 0 Å². The summed E-state index contributed by atoms with van der Waals surface area (Å²) in [5.41, 5.74) is 3.18. The number of nitrogens with zero attached hydrogens (tertiary/aromatic N) is 3. The molecular formula is C19H20N4O5S. The number of aromatic nitrogens is 3. The second kappa shape index (κ2) is 8.84. The first-order valence-electron chi connectivity index (χ1n) is 8.71. The van der Waals surface area contributed by atoms with Gasteiger partial charge in [0, 0.05) is 36.8 Å². The van der Waals surface area contributed by atoms with Gasteiger partial charge >= 0.3 is 0 Å². The number of pyridine rings is 2. The van der Waals surface area contributed by atoms with E-state index in [-0.39, 0.29) is 11.4 Å². The van der Waals surface area contributed by atoms with E-state index < -0.39 is 10.0 Å². The van der Waals surface area contributed by atoms with Crippen LogP contribution in [0.2, 0.25) is 0 Å². The Bertz CT molecular complexity index is 1150. The van der Waals surface area contributed by atoms with Crippen LogP contribution in [0.3, 0.4) is 0 Å². The summed E-state index contributed by atoms with van der Waals surface area (Å²) in [5, 5.41) is 10.2. The molecule has 1 aliphatic rings. The SMILES string of the molecule is COc1cncc(S(=O)(=O)n2cc(C3=CCNCC3)c3ncccc32)c1.O=CO. The molecular weight excluding hydrogens is 396 g/mol. The van der Waals surface area contributed by atoms with E-state index in [1.165, 1.54) is 29.5 Å². The maximum Gasteiger partial charge on any atom is 0.290 e. The van der Waals surface area contributed by atoms with Gasteiger partial charge in [0.2, 0.25) is 0 Å². The van der Waals surface area contributed by atoms with E-state index in [2.05, 4.69) is 21.4 Å². The fourth-order valence-electron chi connectivity index (χ4n) is 3.10. The second-order valence-corrected chi connectivity index (χ2v) is 7.88. The number of methoxy groups -OCH3 is 1. The van der Waals surface area contributed by atoms with Crippen LogP contribution in [0.4, 0.5) is 0 Å². The summed E-state index contributed by atoms with van der Waals surface area (Å²) in [7, 11) is -2.35. The van der Waals surface area contributed by atoms with Gasteiger partial charge in [0.1, 0.15) is 10.6 Å². The van der Waals surface area contributed by atoms with Gasteiger partial charge < -0.3 is 15.2 Å². The van der Waals surface area contributed by atoms with Crippen LogP contribution in [0, 0.1) is 0 Å². The van der Waals surface area contributed by atoms with Crippen molar-refractivity contribution in [2.24, 2.45) is 0 Å². The molecule has 9 nitrogen and oxygen atoms in total. The molecule has 3 aromatic heterocycles. The number of fused-ring (bicyclic) bond motifs is 1. The fourth-order valence-corrected chi connectivity index (χ4v) is 4.43. The molecule has 0 spiro atoms. The van der Waals surface area contributed by atoms with Crippen molar-refractivity contribution in [3.05, 3.63) is 54.6 Å². The molecule has 0 amide bonds. The molecule has 0 aromatic carbocycles. The Morgan fingerprint density at radius 2 is 2.14 bits per heavy atom. The highest BCUT2D eigenvalue weighted by Crippen LogP contribution is 2.31. The van der Waals surface area contributed by atoms with Crippen molar-refractivity contribution in [1.29, 1.82) is 0 Å². The smallest absolute Gasteiger partial charge is 0.290 e. The van der Waals surface area contributed by atoms with Gasteiger partial charge in [-0.15, -0.1) is 0 Å². The molecule has 3 aromatic rings. The van der Waals surface area contributed by atoms with E-state index in [0.717, 1.165) is 30.6 Å². The van der Waals surface area contributed by atoms with Crippen molar-refractivity contribution in [1.82, 2.24) is 19.3 Å². The van der Waals surface area contributed by atoms with Gasteiger partial charge in [0.05, 0.1) is 24.3 Å². The average Bonchev–Trinajstić information content (AvgIpc) is 3.15. The third-order valence-electron chi connectivity index (χ3n) is 4.42. The quantitative estimate of drug-likeness (QED) is 0.617. The van der Waals surface area contributed by atoms with E-state index in [1.807, 2.05) is 0 Å². The normalized spacial score (nSPS) is 13.9. The van der Waals surface area contributed by atoms with E-state index in [1.54, 1.807) is 24.5 Å². The van der Waals surface area contributed by atoms with Crippen LogP contribution in [0.15, 0.2) is 54.0 Å². The molecule has 0 saturated heterocycles. The molecule has 0 aliphatic carbocycles. The van der Waals surface area contributed by atoms with E-state index in [0.29, 0.717) is 16.8 Å². The number of ether oxygens (including phenoxy) is 1. The molecule has 4 rings (SSSR count). The Labute approximate surface area is 167 Å². The Hall–Kier alpha value is -3.24. The number of rotatable bonds is 4. The van der Waals surface area contributed by atoms with Gasteiger partial charge in [-0.05, 0) is 30.7 Å². The molecule has 0 unspecified atom stereocenters. The monoisotopic (exact) mass is 416 g/mol. The first kappa shape index (κ1) is 20.5. The maximum absolute atomic E-state index is 13.2. The van der Waals surface area contributed by atoms with Crippen LogP contribution in [0.5, 0.6) is 5.75 Å².